The molecular weight excluding hydrogens is 292 g/mol. The fourth-order valence-electron chi connectivity index (χ4n) is 7.71. The third-order valence-electron chi connectivity index (χ3n) is 9.16. The SMILES string of the molecule is C=C[C@@H](C)[C@H]1CCC2C3CC=C4C[C@@H](O)CCC4(C)C3CCC21C. The molecule has 134 valence electrons. The Morgan fingerprint density at radius 3 is 2.71 bits per heavy atom. The van der Waals surface area contributed by atoms with E-state index in [2.05, 4.69) is 39.5 Å². The quantitative estimate of drug-likeness (QED) is 0.640. The Bertz CT molecular complexity index is 548. The molecular formula is C23H36O. The van der Waals surface area contributed by atoms with Crippen LogP contribution in [0.3, 0.4) is 0 Å². The molecule has 5 unspecified atom stereocenters. The van der Waals surface area contributed by atoms with E-state index in [1.165, 1.54) is 38.5 Å². The van der Waals surface area contributed by atoms with E-state index in [1.807, 2.05) is 0 Å². The summed E-state index contributed by atoms with van der Waals surface area (Å²) in [4.78, 5) is 0. The Balaban J connectivity index is 1.64. The normalized spacial score (nSPS) is 51.8. The fraction of sp³-hybridized carbons (Fsp3) is 0.826. The fourth-order valence-corrected chi connectivity index (χ4v) is 7.71. The van der Waals surface area contributed by atoms with Crippen molar-refractivity contribution in [1.82, 2.24) is 0 Å². The molecule has 0 aliphatic heterocycles. The van der Waals surface area contributed by atoms with Crippen molar-refractivity contribution in [3.8, 4) is 0 Å². The standard InChI is InChI=1S/C23H36O/c1-5-15(2)19-8-9-20-18-7-6-16-14-17(24)10-12-22(16,3)21(18)11-13-23(19,20)4/h5-6,15,17-21,24H,1,7-14H2,2-4H3/t15-,17+,18?,19-,20?,21?,22?,23?/m1/s1. The molecule has 4 rings (SSSR count). The zero-order valence-electron chi connectivity index (χ0n) is 15.9. The predicted octanol–water partition coefficient (Wildman–Crippen LogP) is 5.75. The molecule has 0 aromatic rings. The first kappa shape index (κ1) is 16.9. The van der Waals surface area contributed by atoms with Gasteiger partial charge in [0.15, 0.2) is 0 Å². The van der Waals surface area contributed by atoms with Gasteiger partial charge in [0.25, 0.3) is 0 Å². The van der Waals surface area contributed by atoms with Gasteiger partial charge >= 0.3 is 0 Å². The van der Waals surface area contributed by atoms with Crippen LogP contribution < -0.4 is 0 Å². The highest BCUT2D eigenvalue weighted by Crippen LogP contribution is 2.67. The van der Waals surface area contributed by atoms with Gasteiger partial charge in [0.2, 0.25) is 0 Å². The number of hydrogen-bond donors (Lipinski definition) is 1. The molecule has 4 aliphatic rings. The molecule has 24 heavy (non-hydrogen) atoms. The van der Waals surface area contributed by atoms with Crippen LogP contribution in [0.1, 0.15) is 72.1 Å². The van der Waals surface area contributed by atoms with Crippen LogP contribution in [-0.2, 0) is 0 Å². The molecule has 1 N–H and O–H groups in total. The highest BCUT2D eigenvalue weighted by Gasteiger charge is 2.58. The molecule has 1 heteroatoms. The van der Waals surface area contributed by atoms with E-state index in [-0.39, 0.29) is 6.10 Å². The summed E-state index contributed by atoms with van der Waals surface area (Å²) in [6, 6.07) is 0. The maximum absolute atomic E-state index is 10.1. The van der Waals surface area contributed by atoms with Gasteiger partial charge in [-0.15, -0.1) is 6.58 Å². The molecule has 0 radical (unpaired) electrons. The Morgan fingerprint density at radius 1 is 1.17 bits per heavy atom. The van der Waals surface area contributed by atoms with Crippen LogP contribution in [-0.4, -0.2) is 11.2 Å². The van der Waals surface area contributed by atoms with Crippen molar-refractivity contribution >= 4 is 0 Å². The smallest absolute Gasteiger partial charge is 0.0577 e. The second-order valence-corrected chi connectivity index (χ2v) is 9.98. The van der Waals surface area contributed by atoms with Crippen LogP contribution in [0.2, 0.25) is 0 Å². The van der Waals surface area contributed by atoms with Crippen LogP contribution in [0.25, 0.3) is 0 Å². The molecule has 3 fully saturated rings. The summed E-state index contributed by atoms with van der Waals surface area (Å²) >= 11 is 0. The zero-order valence-corrected chi connectivity index (χ0v) is 15.9. The van der Waals surface area contributed by atoms with Crippen molar-refractivity contribution in [2.75, 3.05) is 0 Å². The maximum Gasteiger partial charge on any atom is 0.0577 e. The summed E-state index contributed by atoms with van der Waals surface area (Å²) in [6.45, 7) is 11.6. The minimum Gasteiger partial charge on any atom is -0.393 e. The van der Waals surface area contributed by atoms with Gasteiger partial charge in [-0.2, -0.15) is 0 Å². The van der Waals surface area contributed by atoms with Crippen LogP contribution >= 0.6 is 0 Å². The van der Waals surface area contributed by atoms with Gasteiger partial charge in [-0.25, -0.2) is 0 Å². The molecule has 8 atom stereocenters. The van der Waals surface area contributed by atoms with E-state index in [0.717, 1.165) is 36.5 Å². The number of aliphatic hydroxyl groups is 1. The van der Waals surface area contributed by atoms with E-state index in [0.29, 0.717) is 16.7 Å². The molecule has 0 aromatic heterocycles. The number of aliphatic hydroxyl groups excluding tert-OH is 1. The number of allylic oxidation sites excluding steroid dienone is 2. The topological polar surface area (TPSA) is 20.2 Å². The minimum atomic E-state index is -0.0842. The van der Waals surface area contributed by atoms with Crippen LogP contribution in [0.4, 0.5) is 0 Å². The Morgan fingerprint density at radius 2 is 1.96 bits per heavy atom. The van der Waals surface area contributed by atoms with Crippen molar-refractivity contribution in [3.05, 3.63) is 24.3 Å². The Labute approximate surface area is 148 Å². The minimum absolute atomic E-state index is 0.0842. The Kier molecular flexibility index (Phi) is 4.03. The van der Waals surface area contributed by atoms with E-state index >= 15 is 0 Å². The predicted molar refractivity (Wildman–Crippen MR) is 101 cm³/mol. The van der Waals surface area contributed by atoms with E-state index in [4.69, 9.17) is 0 Å². The lowest BCUT2D eigenvalue weighted by molar-refractivity contribution is -0.0540. The molecule has 3 saturated carbocycles. The van der Waals surface area contributed by atoms with Gasteiger partial charge in [0.05, 0.1) is 6.10 Å². The first-order valence-corrected chi connectivity index (χ1v) is 10.4. The van der Waals surface area contributed by atoms with Crippen molar-refractivity contribution in [1.29, 1.82) is 0 Å². The number of fused-ring (bicyclic) bond motifs is 5. The number of hydrogen-bond acceptors (Lipinski definition) is 1. The van der Waals surface area contributed by atoms with Crippen LogP contribution in [0.15, 0.2) is 24.3 Å². The molecule has 0 aromatic carbocycles. The van der Waals surface area contributed by atoms with E-state index < -0.39 is 0 Å². The summed E-state index contributed by atoms with van der Waals surface area (Å²) in [6.07, 6.45) is 14.8. The average Bonchev–Trinajstić information content (AvgIpc) is 2.92. The van der Waals surface area contributed by atoms with E-state index in [9.17, 15) is 5.11 Å². The lowest BCUT2D eigenvalue weighted by Gasteiger charge is -2.58. The monoisotopic (exact) mass is 328 g/mol. The molecule has 1 nitrogen and oxygen atoms in total. The molecule has 4 aliphatic carbocycles. The second-order valence-electron chi connectivity index (χ2n) is 9.98. The van der Waals surface area contributed by atoms with Gasteiger partial charge in [-0.3, -0.25) is 0 Å². The summed E-state index contributed by atoms with van der Waals surface area (Å²) in [5, 5.41) is 10.1. The molecule has 0 amide bonds. The van der Waals surface area contributed by atoms with Crippen molar-refractivity contribution < 1.29 is 5.11 Å². The molecule has 0 spiro atoms. The third-order valence-corrected chi connectivity index (χ3v) is 9.16. The Hall–Kier alpha value is -0.560. The van der Waals surface area contributed by atoms with E-state index in [1.54, 1.807) is 5.57 Å². The first-order valence-electron chi connectivity index (χ1n) is 10.4. The lowest BCUT2D eigenvalue weighted by atomic mass is 9.47. The van der Waals surface area contributed by atoms with Gasteiger partial charge in [0.1, 0.15) is 0 Å². The van der Waals surface area contributed by atoms with Crippen molar-refractivity contribution in [2.45, 2.75) is 78.2 Å². The molecule has 0 heterocycles. The zero-order chi connectivity index (χ0) is 17.1. The third kappa shape index (κ3) is 2.23. The summed E-state index contributed by atoms with van der Waals surface area (Å²) in [7, 11) is 0. The lowest BCUT2D eigenvalue weighted by Crippen LogP contribution is -2.50. The molecule has 0 bridgehead atoms. The maximum atomic E-state index is 10.1. The summed E-state index contributed by atoms with van der Waals surface area (Å²) in [5.74, 6) is 4.15. The van der Waals surface area contributed by atoms with Gasteiger partial charge in [0, 0.05) is 0 Å². The van der Waals surface area contributed by atoms with Crippen LogP contribution in [0.5, 0.6) is 0 Å². The highest BCUT2D eigenvalue weighted by molar-refractivity contribution is 5.25. The second kappa shape index (κ2) is 5.73. The summed E-state index contributed by atoms with van der Waals surface area (Å²) < 4.78 is 0. The van der Waals surface area contributed by atoms with Gasteiger partial charge < -0.3 is 5.11 Å². The highest BCUT2D eigenvalue weighted by atomic mass is 16.3. The van der Waals surface area contributed by atoms with Gasteiger partial charge in [-0.1, -0.05) is 38.5 Å². The molecule has 0 saturated heterocycles. The van der Waals surface area contributed by atoms with Crippen molar-refractivity contribution in [3.63, 3.8) is 0 Å². The number of rotatable bonds is 2. The first-order chi connectivity index (χ1) is 11.4. The largest absolute Gasteiger partial charge is 0.393 e. The van der Waals surface area contributed by atoms with Crippen molar-refractivity contribution in [2.24, 2.45) is 40.4 Å². The van der Waals surface area contributed by atoms with Crippen LogP contribution in [0, 0.1) is 40.4 Å². The van der Waals surface area contributed by atoms with Gasteiger partial charge in [-0.05, 0) is 91.8 Å². The average molecular weight is 329 g/mol. The summed E-state index contributed by atoms with van der Waals surface area (Å²) in [5.41, 5.74) is 2.51.